The van der Waals surface area contributed by atoms with Crippen LogP contribution in [0.1, 0.15) is 13.8 Å². The van der Waals surface area contributed by atoms with Crippen LogP contribution < -0.4 is 10.1 Å². The summed E-state index contributed by atoms with van der Waals surface area (Å²) in [6.45, 7) is 13.9. The van der Waals surface area contributed by atoms with Crippen molar-refractivity contribution in [2.75, 3.05) is 18.0 Å². The summed E-state index contributed by atoms with van der Waals surface area (Å²) >= 11 is 0. The van der Waals surface area contributed by atoms with Gasteiger partial charge in [0, 0.05) is 18.8 Å². The number of para-hydroxylation sites is 1. The number of nitrogens with zero attached hydrogens (tertiary/aromatic N) is 1. The van der Waals surface area contributed by atoms with Gasteiger partial charge in [-0.2, -0.15) is 0 Å². The van der Waals surface area contributed by atoms with Crippen molar-refractivity contribution in [3.63, 3.8) is 0 Å². The van der Waals surface area contributed by atoms with Crippen LogP contribution in [0.2, 0.25) is 19.6 Å². The topological polar surface area (TPSA) is 3.24 Å². The Kier molecular flexibility index (Phi) is 3.97. The molecule has 0 unspecified atom stereocenters. The minimum atomic E-state index is -1.21. The fourth-order valence-electron chi connectivity index (χ4n) is 1.95. The van der Waals surface area contributed by atoms with Crippen LogP contribution >= 0.6 is 0 Å². The Morgan fingerprint density at radius 2 is 1.53 bits per heavy atom. The van der Waals surface area contributed by atoms with Gasteiger partial charge < -0.3 is 4.90 Å². The molecule has 0 aliphatic rings. The summed E-state index contributed by atoms with van der Waals surface area (Å²) in [5.41, 5.74) is 1.45. The van der Waals surface area contributed by atoms with Gasteiger partial charge in [-0.1, -0.05) is 37.8 Å². The summed E-state index contributed by atoms with van der Waals surface area (Å²) in [5, 5.41) is 1.58. The van der Waals surface area contributed by atoms with Crippen LogP contribution in [-0.2, 0) is 0 Å². The van der Waals surface area contributed by atoms with E-state index in [0.29, 0.717) is 0 Å². The van der Waals surface area contributed by atoms with Crippen molar-refractivity contribution in [1.29, 1.82) is 0 Å². The third-order valence-corrected chi connectivity index (χ3v) is 4.86. The highest BCUT2D eigenvalue weighted by Crippen LogP contribution is 2.16. The molecule has 0 aromatic heterocycles. The van der Waals surface area contributed by atoms with Gasteiger partial charge in [0.25, 0.3) is 0 Å². The monoisotopic (exact) mass is 221 g/mol. The van der Waals surface area contributed by atoms with Crippen LogP contribution in [0.5, 0.6) is 0 Å². The number of rotatable bonds is 4. The Morgan fingerprint density at radius 3 is 2.00 bits per heavy atom. The molecule has 0 aliphatic carbocycles. The minimum Gasteiger partial charge on any atom is -0.372 e. The number of hydrogen-bond donors (Lipinski definition) is 0. The summed E-state index contributed by atoms with van der Waals surface area (Å²) in [5.74, 6) is 0. The van der Waals surface area contributed by atoms with E-state index in [1.807, 2.05) is 0 Å². The molecule has 0 spiro atoms. The molecule has 2 heteroatoms. The first-order valence-electron chi connectivity index (χ1n) is 5.85. The number of hydrogen-bond acceptors (Lipinski definition) is 1. The maximum atomic E-state index is 2.45. The fraction of sp³-hybridized carbons (Fsp3) is 0.538. The van der Waals surface area contributed by atoms with Crippen molar-refractivity contribution in [2.24, 2.45) is 0 Å². The van der Waals surface area contributed by atoms with E-state index in [1.54, 1.807) is 5.19 Å². The highest BCUT2D eigenvalue weighted by Gasteiger charge is 2.21. The van der Waals surface area contributed by atoms with E-state index in [4.69, 9.17) is 0 Å². The van der Waals surface area contributed by atoms with E-state index >= 15 is 0 Å². The molecule has 1 aromatic carbocycles. The Hall–Kier alpha value is -0.763. The SMILES string of the molecule is CCN(CC)c1ccccc1[Si](C)(C)C. The third-order valence-electron chi connectivity index (χ3n) is 2.82. The van der Waals surface area contributed by atoms with Crippen molar-refractivity contribution < 1.29 is 0 Å². The zero-order chi connectivity index (χ0) is 11.5. The molecular weight excluding hydrogens is 198 g/mol. The molecule has 0 bridgehead atoms. The van der Waals surface area contributed by atoms with Gasteiger partial charge in [-0.3, -0.25) is 0 Å². The van der Waals surface area contributed by atoms with Crippen molar-refractivity contribution in [3.8, 4) is 0 Å². The molecule has 1 aromatic rings. The van der Waals surface area contributed by atoms with E-state index in [9.17, 15) is 0 Å². The van der Waals surface area contributed by atoms with E-state index in [2.05, 4.69) is 62.7 Å². The third kappa shape index (κ3) is 2.85. The second-order valence-electron chi connectivity index (χ2n) is 4.94. The maximum absolute atomic E-state index is 2.45. The molecule has 84 valence electrons. The molecule has 0 saturated heterocycles. The zero-order valence-corrected chi connectivity index (χ0v) is 11.7. The summed E-state index contributed by atoms with van der Waals surface area (Å²) in [6, 6.07) is 8.89. The van der Waals surface area contributed by atoms with Crippen molar-refractivity contribution >= 4 is 18.9 Å². The predicted octanol–water partition coefficient (Wildman–Crippen LogP) is 3.08. The lowest BCUT2D eigenvalue weighted by Crippen LogP contribution is -2.42. The largest absolute Gasteiger partial charge is 0.372 e. The Balaban J connectivity index is 3.17. The molecule has 0 heterocycles. The van der Waals surface area contributed by atoms with Crippen LogP contribution in [0.3, 0.4) is 0 Å². The quantitative estimate of drug-likeness (QED) is 0.706. The van der Waals surface area contributed by atoms with Gasteiger partial charge in [0.15, 0.2) is 0 Å². The van der Waals surface area contributed by atoms with Crippen LogP contribution in [0.4, 0.5) is 5.69 Å². The van der Waals surface area contributed by atoms with Crippen molar-refractivity contribution in [2.45, 2.75) is 33.5 Å². The average Bonchev–Trinajstić information content (AvgIpc) is 2.19. The Bertz CT molecular complexity index is 311. The van der Waals surface area contributed by atoms with Gasteiger partial charge in [0.1, 0.15) is 0 Å². The smallest absolute Gasteiger partial charge is 0.0803 e. The second-order valence-corrected chi connectivity index (χ2v) is 9.98. The molecule has 0 saturated carbocycles. The molecule has 0 aliphatic heterocycles. The highest BCUT2D eigenvalue weighted by atomic mass is 28.3. The van der Waals surface area contributed by atoms with Gasteiger partial charge >= 0.3 is 0 Å². The zero-order valence-electron chi connectivity index (χ0n) is 10.7. The van der Waals surface area contributed by atoms with E-state index < -0.39 is 8.07 Å². The standard InChI is InChI=1S/C13H23NSi/c1-6-14(7-2)12-10-8-9-11-13(12)15(3,4)5/h8-11H,6-7H2,1-5H3. The Labute approximate surface area is 95.1 Å². The van der Waals surface area contributed by atoms with Gasteiger partial charge in [0.05, 0.1) is 8.07 Å². The van der Waals surface area contributed by atoms with Crippen molar-refractivity contribution in [3.05, 3.63) is 24.3 Å². The van der Waals surface area contributed by atoms with Gasteiger partial charge in [-0.05, 0) is 25.1 Å². The molecular formula is C13H23NSi. The van der Waals surface area contributed by atoms with Crippen molar-refractivity contribution in [1.82, 2.24) is 0 Å². The minimum absolute atomic E-state index is 1.10. The van der Waals surface area contributed by atoms with Gasteiger partial charge in [-0.15, -0.1) is 0 Å². The molecule has 0 atom stereocenters. The first-order chi connectivity index (χ1) is 7.00. The van der Waals surface area contributed by atoms with Crippen LogP contribution in [0.25, 0.3) is 0 Å². The van der Waals surface area contributed by atoms with E-state index in [-0.39, 0.29) is 0 Å². The molecule has 1 nitrogen and oxygen atoms in total. The predicted molar refractivity (Wildman–Crippen MR) is 73.0 cm³/mol. The molecule has 0 radical (unpaired) electrons. The molecule has 1 rings (SSSR count). The number of anilines is 1. The lowest BCUT2D eigenvalue weighted by molar-refractivity contribution is 0.869. The van der Waals surface area contributed by atoms with Crippen LogP contribution in [-0.4, -0.2) is 21.2 Å². The summed E-state index contributed by atoms with van der Waals surface area (Å²) < 4.78 is 0. The van der Waals surface area contributed by atoms with E-state index in [0.717, 1.165) is 13.1 Å². The summed E-state index contributed by atoms with van der Waals surface area (Å²) in [7, 11) is -1.21. The maximum Gasteiger partial charge on any atom is 0.0803 e. The first-order valence-corrected chi connectivity index (χ1v) is 9.35. The van der Waals surface area contributed by atoms with Crippen LogP contribution in [0.15, 0.2) is 24.3 Å². The summed E-state index contributed by atoms with van der Waals surface area (Å²) in [4.78, 5) is 2.45. The average molecular weight is 221 g/mol. The fourth-order valence-corrected chi connectivity index (χ4v) is 3.55. The van der Waals surface area contributed by atoms with E-state index in [1.165, 1.54) is 5.69 Å². The Morgan fingerprint density at radius 1 is 1.00 bits per heavy atom. The number of benzene rings is 1. The normalized spacial score (nSPS) is 11.5. The van der Waals surface area contributed by atoms with Gasteiger partial charge in [0.2, 0.25) is 0 Å². The van der Waals surface area contributed by atoms with Crippen LogP contribution in [0, 0.1) is 0 Å². The molecule has 0 fully saturated rings. The lowest BCUT2D eigenvalue weighted by atomic mass is 10.3. The first kappa shape index (κ1) is 12.3. The molecule has 0 N–H and O–H groups in total. The highest BCUT2D eigenvalue weighted by molar-refractivity contribution is 6.89. The second kappa shape index (κ2) is 4.84. The van der Waals surface area contributed by atoms with Gasteiger partial charge in [-0.25, -0.2) is 0 Å². The molecule has 0 amide bonds. The summed E-state index contributed by atoms with van der Waals surface area (Å²) in [6.07, 6.45) is 0. The lowest BCUT2D eigenvalue weighted by Gasteiger charge is -2.29. The molecule has 15 heavy (non-hydrogen) atoms.